The van der Waals surface area contributed by atoms with Crippen molar-refractivity contribution in [3.63, 3.8) is 0 Å². The molecule has 112 valence electrons. The largest absolute Gasteiger partial charge is 0.378 e. The van der Waals surface area contributed by atoms with E-state index in [1.807, 2.05) is 26.0 Å². The third kappa shape index (κ3) is 4.30. The fraction of sp³-hybridized carbons (Fsp3) is 0.600. The molecule has 20 heavy (non-hydrogen) atoms. The Balaban J connectivity index is 1.84. The summed E-state index contributed by atoms with van der Waals surface area (Å²) in [7, 11) is -3.24. The number of rotatable bonds is 7. The van der Waals surface area contributed by atoms with Gasteiger partial charge in [-0.05, 0) is 43.7 Å². The van der Waals surface area contributed by atoms with Gasteiger partial charge in [-0.3, -0.25) is 0 Å². The Morgan fingerprint density at radius 1 is 1.35 bits per heavy atom. The molecular formula is C15H23NO3S. The molecule has 1 aliphatic carbocycles. The second-order valence-corrected chi connectivity index (χ2v) is 7.45. The molecule has 1 aliphatic rings. The molecule has 4 nitrogen and oxygen atoms in total. The van der Waals surface area contributed by atoms with Gasteiger partial charge in [-0.25, -0.2) is 13.1 Å². The van der Waals surface area contributed by atoms with Crippen LogP contribution < -0.4 is 4.72 Å². The smallest absolute Gasteiger partial charge is 0.213 e. The molecule has 1 aromatic carbocycles. The molecule has 0 radical (unpaired) electrons. The first-order valence-electron chi connectivity index (χ1n) is 7.14. The minimum Gasteiger partial charge on any atom is -0.378 e. The van der Waals surface area contributed by atoms with E-state index in [9.17, 15) is 8.42 Å². The number of hydrogen-bond donors (Lipinski definition) is 1. The second-order valence-electron chi connectivity index (χ2n) is 5.52. The average Bonchev–Trinajstić information content (AvgIpc) is 2.79. The van der Waals surface area contributed by atoms with Crippen LogP contribution in [0.4, 0.5) is 0 Å². The summed E-state index contributed by atoms with van der Waals surface area (Å²) in [5, 5.41) is 0. The van der Waals surface area contributed by atoms with Crippen molar-refractivity contribution in [2.45, 2.75) is 38.7 Å². The highest BCUT2D eigenvalue weighted by molar-refractivity contribution is 7.89. The molecule has 1 N–H and O–H groups in total. The van der Waals surface area contributed by atoms with E-state index in [0.29, 0.717) is 12.5 Å². The summed E-state index contributed by atoms with van der Waals surface area (Å²) in [6, 6.07) is 8.28. The number of sulfonamides is 1. The zero-order valence-electron chi connectivity index (χ0n) is 12.1. The molecule has 1 unspecified atom stereocenters. The molecule has 1 atom stereocenters. The van der Waals surface area contributed by atoms with Crippen LogP contribution in [0, 0.1) is 0 Å². The van der Waals surface area contributed by atoms with Gasteiger partial charge in [0.2, 0.25) is 10.0 Å². The van der Waals surface area contributed by atoms with Crippen molar-refractivity contribution in [2.75, 3.05) is 18.9 Å². The maximum Gasteiger partial charge on any atom is 0.213 e. The van der Waals surface area contributed by atoms with Gasteiger partial charge in [-0.15, -0.1) is 0 Å². The van der Waals surface area contributed by atoms with Crippen molar-refractivity contribution < 1.29 is 13.2 Å². The lowest BCUT2D eigenvalue weighted by Crippen LogP contribution is -2.32. The normalized spacial score (nSPS) is 18.4. The van der Waals surface area contributed by atoms with E-state index in [0.717, 1.165) is 12.8 Å². The topological polar surface area (TPSA) is 55.4 Å². The highest BCUT2D eigenvalue weighted by Crippen LogP contribution is 2.32. The Kier molecular flexibility index (Phi) is 5.18. The van der Waals surface area contributed by atoms with Gasteiger partial charge in [0.05, 0.1) is 18.5 Å². The van der Waals surface area contributed by atoms with Gasteiger partial charge in [0.15, 0.2) is 0 Å². The molecule has 0 saturated carbocycles. The van der Waals surface area contributed by atoms with E-state index in [-0.39, 0.29) is 18.5 Å². The lowest BCUT2D eigenvalue weighted by Gasteiger charge is -2.14. The molecule has 0 spiro atoms. The Morgan fingerprint density at radius 2 is 2.10 bits per heavy atom. The van der Waals surface area contributed by atoms with Crippen LogP contribution in [0.3, 0.4) is 0 Å². The van der Waals surface area contributed by atoms with Crippen molar-refractivity contribution in [2.24, 2.45) is 0 Å². The Bertz CT molecular complexity index is 540. The summed E-state index contributed by atoms with van der Waals surface area (Å²) in [6.45, 7) is 4.53. The minimum atomic E-state index is -3.24. The van der Waals surface area contributed by atoms with Crippen LogP contribution in [-0.4, -0.2) is 33.4 Å². The molecule has 0 heterocycles. The third-order valence-corrected chi connectivity index (χ3v) is 4.92. The average molecular weight is 297 g/mol. The number of ether oxygens (including phenoxy) is 1. The predicted octanol–water partition coefficient (Wildman–Crippen LogP) is 2.06. The van der Waals surface area contributed by atoms with E-state index < -0.39 is 10.0 Å². The lowest BCUT2D eigenvalue weighted by atomic mass is 10.0. The van der Waals surface area contributed by atoms with Crippen molar-refractivity contribution in [1.29, 1.82) is 0 Å². The quantitative estimate of drug-likeness (QED) is 0.838. The van der Waals surface area contributed by atoms with Crippen molar-refractivity contribution in [1.82, 2.24) is 4.72 Å². The Morgan fingerprint density at radius 3 is 2.85 bits per heavy atom. The molecule has 0 aromatic heterocycles. The van der Waals surface area contributed by atoms with Gasteiger partial charge in [-0.1, -0.05) is 24.3 Å². The maximum absolute atomic E-state index is 11.9. The van der Waals surface area contributed by atoms with Gasteiger partial charge in [0.25, 0.3) is 0 Å². The van der Waals surface area contributed by atoms with Crippen LogP contribution in [-0.2, 0) is 21.2 Å². The van der Waals surface area contributed by atoms with Crippen molar-refractivity contribution in [3.05, 3.63) is 35.4 Å². The van der Waals surface area contributed by atoms with E-state index in [2.05, 4.69) is 16.9 Å². The predicted molar refractivity (Wildman–Crippen MR) is 80.4 cm³/mol. The standard InChI is InChI=1S/C15H23NO3S/c1-12(2)19-9-10-20(17,18)16-11-14-8-7-13-5-3-4-6-15(13)14/h3-6,12,14,16H,7-11H2,1-2H3. The van der Waals surface area contributed by atoms with E-state index in [1.54, 1.807) is 0 Å². The maximum atomic E-state index is 11.9. The summed E-state index contributed by atoms with van der Waals surface area (Å²) < 4.78 is 31.8. The van der Waals surface area contributed by atoms with Gasteiger partial charge in [-0.2, -0.15) is 0 Å². The van der Waals surface area contributed by atoms with Crippen LogP contribution in [0.25, 0.3) is 0 Å². The molecule has 0 amide bonds. The minimum absolute atomic E-state index is 0.0273. The summed E-state index contributed by atoms with van der Waals surface area (Å²) in [6.07, 6.45) is 2.12. The number of hydrogen-bond acceptors (Lipinski definition) is 3. The van der Waals surface area contributed by atoms with Gasteiger partial charge < -0.3 is 4.74 Å². The van der Waals surface area contributed by atoms with Gasteiger partial charge in [0.1, 0.15) is 0 Å². The zero-order valence-corrected chi connectivity index (χ0v) is 12.9. The first kappa shape index (κ1) is 15.5. The Labute approximate surface area is 121 Å². The number of fused-ring (bicyclic) bond motifs is 1. The zero-order chi connectivity index (χ0) is 14.6. The summed E-state index contributed by atoms with van der Waals surface area (Å²) >= 11 is 0. The molecule has 1 aromatic rings. The van der Waals surface area contributed by atoms with E-state index >= 15 is 0 Å². The van der Waals surface area contributed by atoms with Crippen LogP contribution in [0.5, 0.6) is 0 Å². The molecule has 0 fully saturated rings. The molecule has 0 bridgehead atoms. The molecule has 0 saturated heterocycles. The SMILES string of the molecule is CC(C)OCCS(=O)(=O)NCC1CCc2ccccc21. The van der Waals surface area contributed by atoms with E-state index in [1.165, 1.54) is 11.1 Å². The third-order valence-electron chi connectivity index (χ3n) is 3.61. The molecule has 0 aliphatic heterocycles. The first-order chi connectivity index (χ1) is 9.48. The van der Waals surface area contributed by atoms with E-state index in [4.69, 9.17) is 4.74 Å². The lowest BCUT2D eigenvalue weighted by molar-refractivity contribution is 0.0911. The highest BCUT2D eigenvalue weighted by Gasteiger charge is 2.23. The van der Waals surface area contributed by atoms with Crippen LogP contribution in [0.1, 0.15) is 37.3 Å². The molecular weight excluding hydrogens is 274 g/mol. The van der Waals surface area contributed by atoms with Crippen LogP contribution in [0.15, 0.2) is 24.3 Å². The van der Waals surface area contributed by atoms with Crippen LogP contribution in [0.2, 0.25) is 0 Å². The number of benzene rings is 1. The van der Waals surface area contributed by atoms with Crippen molar-refractivity contribution in [3.8, 4) is 0 Å². The number of aryl methyl sites for hydroxylation is 1. The number of nitrogens with one attached hydrogen (secondary N) is 1. The fourth-order valence-corrected chi connectivity index (χ4v) is 3.47. The van der Waals surface area contributed by atoms with Crippen molar-refractivity contribution >= 4 is 10.0 Å². The second kappa shape index (κ2) is 6.70. The molecule has 5 heteroatoms. The highest BCUT2D eigenvalue weighted by atomic mass is 32.2. The van der Waals surface area contributed by atoms with Crippen LogP contribution >= 0.6 is 0 Å². The summed E-state index contributed by atoms with van der Waals surface area (Å²) in [5.41, 5.74) is 2.63. The summed E-state index contributed by atoms with van der Waals surface area (Å²) in [4.78, 5) is 0. The Hall–Kier alpha value is -0.910. The first-order valence-corrected chi connectivity index (χ1v) is 8.80. The van der Waals surface area contributed by atoms with Gasteiger partial charge in [0, 0.05) is 6.54 Å². The van der Waals surface area contributed by atoms with Gasteiger partial charge >= 0.3 is 0 Å². The summed E-state index contributed by atoms with van der Waals surface area (Å²) in [5.74, 6) is 0.325. The monoisotopic (exact) mass is 297 g/mol. The fourth-order valence-electron chi connectivity index (χ4n) is 2.55. The molecule has 2 rings (SSSR count).